The molecule has 154 valence electrons. The fourth-order valence-corrected chi connectivity index (χ4v) is 4.60. The number of hydrogen-bond donors (Lipinski definition) is 0. The number of benzene rings is 1. The van der Waals surface area contributed by atoms with Gasteiger partial charge in [0.2, 0.25) is 5.91 Å². The first-order valence-electron chi connectivity index (χ1n) is 9.93. The van der Waals surface area contributed by atoms with Gasteiger partial charge in [0.25, 0.3) is 0 Å². The zero-order chi connectivity index (χ0) is 21.2. The molecule has 2 rings (SSSR count). The molecule has 28 heavy (non-hydrogen) atoms. The summed E-state index contributed by atoms with van der Waals surface area (Å²) in [5.41, 5.74) is 0.106. The molecular formula is C23H32FNO2S. The average molecular weight is 406 g/mol. The Hall–Kier alpha value is -1.75. The molecule has 0 atom stereocenters. The Balaban J connectivity index is 2.49. The second-order valence-corrected chi connectivity index (χ2v) is 10.4. The van der Waals surface area contributed by atoms with Gasteiger partial charge < -0.3 is 4.90 Å². The number of amides is 1. The third-order valence-electron chi connectivity index (χ3n) is 4.49. The van der Waals surface area contributed by atoms with E-state index in [-0.39, 0.29) is 23.9 Å². The van der Waals surface area contributed by atoms with E-state index in [1.807, 2.05) is 25.7 Å². The lowest BCUT2D eigenvalue weighted by molar-refractivity contribution is -0.131. The van der Waals surface area contributed by atoms with Gasteiger partial charge in [-0.05, 0) is 41.0 Å². The van der Waals surface area contributed by atoms with E-state index in [0.717, 1.165) is 4.70 Å². The van der Waals surface area contributed by atoms with Crippen LogP contribution in [0, 0.1) is 23.1 Å². The van der Waals surface area contributed by atoms with Gasteiger partial charge in [0.1, 0.15) is 5.82 Å². The van der Waals surface area contributed by atoms with Gasteiger partial charge in [-0.2, -0.15) is 0 Å². The van der Waals surface area contributed by atoms with Crippen molar-refractivity contribution in [2.45, 2.75) is 54.9 Å². The molecule has 1 heterocycles. The molecule has 0 N–H and O–H groups in total. The summed E-state index contributed by atoms with van der Waals surface area (Å²) in [6.45, 7) is 15.3. The molecule has 0 fully saturated rings. The van der Waals surface area contributed by atoms with Crippen molar-refractivity contribution in [3.05, 3.63) is 34.5 Å². The van der Waals surface area contributed by atoms with Crippen LogP contribution in [0.5, 0.6) is 0 Å². The lowest BCUT2D eigenvalue weighted by Crippen LogP contribution is -2.38. The first kappa shape index (κ1) is 22.5. The lowest BCUT2D eigenvalue weighted by atomic mass is 9.88. The molecule has 1 aromatic heterocycles. The van der Waals surface area contributed by atoms with Crippen molar-refractivity contribution < 1.29 is 14.0 Å². The Kier molecular flexibility index (Phi) is 7.02. The van der Waals surface area contributed by atoms with Crippen LogP contribution in [0.15, 0.2) is 18.2 Å². The standard InChI is InChI=1S/C23H32FNO2S/c1-14(2)12-25(13-15(3)4)20(26)11-18-17-10-16(24)8-9-19(17)28-21(18)22(27)23(5,6)7/h8-10,14-15H,11-13H2,1-7H3. The minimum absolute atomic E-state index is 0.00354. The number of fused-ring (bicyclic) bond motifs is 1. The van der Waals surface area contributed by atoms with Gasteiger partial charge in [-0.25, -0.2) is 4.39 Å². The summed E-state index contributed by atoms with van der Waals surface area (Å²) in [6, 6.07) is 4.55. The van der Waals surface area contributed by atoms with Crippen molar-refractivity contribution in [1.29, 1.82) is 0 Å². The monoisotopic (exact) mass is 405 g/mol. The van der Waals surface area contributed by atoms with Crippen molar-refractivity contribution >= 4 is 33.1 Å². The number of ketones is 1. The van der Waals surface area contributed by atoms with E-state index in [0.29, 0.717) is 40.8 Å². The van der Waals surface area contributed by atoms with Crippen LogP contribution in [0.25, 0.3) is 10.1 Å². The van der Waals surface area contributed by atoms with Crippen LogP contribution in [0.4, 0.5) is 4.39 Å². The lowest BCUT2D eigenvalue weighted by Gasteiger charge is -2.27. The van der Waals surface area contributed by atoms with Gasteiger partial charge in [0.05, 0.1) is 11.3 Å². The van der Waals surface area contributed by atoms with E-state index in [1.54, 1.807) is 6.07 Å². The molecule has 0 spiro atoms. The zero-order valence-corrected chi connectivity index (χ0v) is 18.9. The fraction of sp³-hybridized carbons (Fsp3) is 0.565. The maximum Gasteiger partial charge on any atom is 0.227 e. The number of nitrogens with zero attached hydrogens (tertiary/aromatic N) is 1. The van der Waals surface area contributed by atoms with Crippen LogP contribution >= 0.6 is 11.3 Å². The molecule has 2 aromatic rings. The SMILES string of the molecule is CC(C)CN(CC(C)C)C(=O)Cc1c(C(=O)C(C)(C)C)sc2ccc(F)cc12. The topological polar surface area (TPSA) is 37.4 Å². The molecule has 0 aliphatic heterocycles. The second kappa shape index (κ2) is 8.73. The van der Waals surface area contributed by atoms with Crippen LogP contribution in [0.3, 0.4) is 0 Å². The van der Waals surface area contributed by atoms with E-state index in [2.05, 4.69) is 27.7 Å². The number of carbonyl (C=O) groups excluding carboxylic acids is 2. The molecule has 0 aliphatic rings. The van der Waals surface area contributed by atoms with E-state index < -0.39 is 5.41 Å². The van der Waals surface area contributed by atoms with Crippen molar-refractivity contribution in [1.82, 2.24) is 4.90 Å². The molecule has 0 bridgehead atoms. The number of halogens is 1. The van der Waals surface area contributed by atoms with Crippen LogP contribution in [-0.2, 0) is 11.2 Å². The number of rotatable bonds is 7. The Morgan fingerprint density at radius 1 is 1.07 bits per heavy atom. The quantitative estimate of drug-likeness (QED) is 0.534. The highest BCUT2D eigenvalue weighted by atomic mass is 32.1. The van der Waals surface area contributed by atoms with Gasteiger partial charge in [0.15, 0.2) is 5.78 Å². The minimum Gasteiger partial charge on any atom is -0.342 e. The molecule has 5 heteroatoms. The normalized spacial score (nSPS) is 12.2. The summed E-state index contributed by atoms with van der Waals surface area (Å²) in [5.74, 6) is 0.352. The van der Waals surface area contributed by atoms with Crippen molar-refractivity contribution in [2.75, 3.05) is 13.1 Å². The van der Waals surface area contributed by atoms with Gasteiger partial charge >= 0.3 is 0 Å². The predicted molar refractivity (Wildman–Crippen MR) is 116 cm³/mol. The van der Waals surface area contributed by atoms with Crippen LogP contribution in [0.1, 0.15) is 63.7 Å². The number of carbonyl (C=O) groups is 2. The van der Waals surface area contributed by atoms with Crippen molar-refractivity contribution in [3.63, 3.8) is 0 Å². The number of thiophene rings is 1. The summed E-state index contributed by atoms with van der Waals surface area (Å²) >= 11 is 1.36. The highest BCUT2D eigenvalue weighted by Crippen LogP contribution is 2.36. The highest BCUT2D eigenvalue weighted by molar-refractivity contribution is 7.21. The van der Waals surface area contributed by atoms with Crippen LogP contribution < -0.4 is 0 Å². The van der Waals surface area contributed by atoms with Gasteiger partial charge in [-0.3, -0.25) is 9.59 Å². The molecule has 0 unspecified atom stereocenters. The third kappa shape index (κ3) is 5.40. The number of Topliss-reactive ketones (excluding diaryl/α,β-unsaturated/α-hetero) is 1. The Morgan fingerprint density at radius 3 is 2.14 bits per heavy atom. The van der Waals surface area contributed by atoms with Crippen molar-refractivity contribution in [2.24, 2.45) is 17.3 Å². The van der Waals surface area contributed by atoms with Crippen LogP contribution in [-0.4, -0.2) is 29.7 Å². The predicted octanol–water partition coefficient (Wildman–Crippen LogP) is 5.95. The molecule has 1 aromatic carbocycles. The molecule has 0 saturated heterocycles. The fourth-order valence-electron chi connectivity index (χ4n) is 3.24. The molecule has 0 aliphatic carbocycles. The van der Waals surface area contributed by atoms with E-state index in [4.69, 9.17) is 0 Å². The van der Waals surface area contributed by atoms with Crippen molar-refractivity contribution in [3.8, 4) is 0 Å². The maximum atomic E-state index is 13.9. The average Bonchev–Trinajstić information content (AvgIpc) is 2.89. The molecular weight excluding hydrogens is 373 g/mol. The molecule has 3 nitrogen and oxygen atoms in total. The van der Waals surface area contributed by atoms with Crippen LogP contribution in [0.2, 0.25) is 0 Å². The second-order valence-electron chi connectivity index (χ2n) is 9.39. The Morgan fingerprint density at radius 2 is 1.64 bits per heavy atom. The highest BCUT2D eigenvalue weighted by Gasteiger charge is 2.30. The van der Waals surface area contributed by atoms with E-state index in [9.17, 15) is 14.0 Å². The van der Waals surface area contributed by atoms with Gasteiger partial charge in [-0.1, -0.05) is 48.5 Å². The first-order valence-corrected chi connectivity index (χ1v) is 10.7. The summed E-state index contributed by atoms with van der Waals surface area (Å²) in [7, 11) is 0. The van der Waals surface area contributed by atoms with Gasteiger partial charge in [0, 0.05) is 23.2 Å². The summed E-state index contributed by atoms with van der Waals surface area (Å²) < 4.78 is 14.8. The largest absolute Gasteiger partial charge is 0.342 e. The minimum atomic E-state index is -0.563. The smallest absolute Gasteiger partial charge is 0.227 e. The maximum absolute atomic E-state index is 13.9. The molecule has 1 amide bonds. The Bertz CT molecular complexity index is 851. The van der Waals surface area contributed by atoms with E-state index >= 15 is 0 Å². The van der Waals surface area contributed by atoms with E-state index in [1.165, 1.54) is 23.5 Å². The number of hydrogen-bond acceptors (Lipinski definition) is 3. The Labute approximate surface area is 171 Å². The third-order valence-corrected chi connectivity index (χ3v) is 5.70. The summed E-state index contributed by atoms with van der Waals surface area (Å²) in [5, 5.41) is 0.681. The first-order chi connectivity index (χ1) is 12.9. The molecule has 0 radical (unpaired) electrons. The zero-order valence-electron chi connectivity index (χ0n) is 18.1. The molecule has 0 saturated carbocycles. The summed E-state index contributed by atoms with van der Waals surface area (Å²) in [4.78, 5) is 28.7. The van der Waals surface area contributed by atoms with Gasteiger partial charge in [-0.15, -0.1) is 11.3 Å². The summed E-state index contributed by atoms with van der Waals surface area (Å²) in [6.07, 6.45) is 0.125.